The number of hydrogen-bond acceptors (Lipinski definition) is 5. The average Bonchev–Trinajstić information content (AvgIpc) is 3.24. The first kappa shape index (κ1) is 21.9. The Morgan fingerprint density at radius 1 is 1.06 bits per heavy atom. The molecule has 2 aromatic carbocycles. The second kappa shape index (κ2) is 8.69. The number of aromatic carboxylic acids is 1. The summed E-state index contributed by atoms with van der Waals surface area (Å²) in [5, 5.41) is 12.2. The predicted octanol–water partition coefficient (Wildman–Crippen LogP) is 4.80. The van der Waals surface area contributed by atoms with E-state index in [1.807, 2.05) is 0 Å². The topological polar surface area (TPSA) is 92.9 Å². The number of carboxylic acid groups (broad SMARTS) is 1. The molecular weight excluding hydrogens is 442 g/mol. The third-order valence-electron chi connectivity index (χ3n) is 4.66. The van der Waals surface area contributed by atoms with Crippen LogP contribution in [0.5, 0.6) is 0 Å². The van der Waals surface area contributed by atoms with Gasteiger partial charge >= 0.3 is 12.1 Å². The summed E-state index contributed by atoms with van der Waals surface area (Å²) in [6.45, 7) is 0.0842. The van der Waals surface area contributed by atoms with Crippen molar-refractivity contribution in [1.82, 2.24) is 19.5 Å². The summed E-state index contributed by atoms with van der Waals surface area (Å²) >= 11 is 0. The zero-order chi connectivity index (χ0) is 23.6. The number of nitrogens with one attached hydrogen (secondary N) is 1. The van der Waals surface area contributed by atoms with Gasteiger partial charge in [0.15, 0.2) is 5.69 Å². The number of hydrogen-bond donors (Lipinski definition) is 2. The highest BCUT2D eigenvalue weighted by atomic mass is 19.4. The Labute approximate surface area is 184 Å². The summed E-state index contributed by atoms with van der Waals surface area (Å²) in [5.74, 6) is -1.54. The highest BCUT2D eigenvalue weighted by Gasteiger charge is 2.31. The Hall–Kier alpha value is -4.28. The molecule has 168 valence electrons. The van der Waals surface area contributed by atoms with Crippen molar-refractivity contribution >= 4 is 11.9 Å². The average molecular weight is 457 g/mol. The second-order valence-electron chi connectivity index (χ2n) is 6.89. The quantitative estimate of drug-likeness (QED) is 0.404. The molecule has 33 heavy (non-hydrogen) atoms. The number of benzene rings is 2. The molecule has 0 amide bonds. The van der Waals surface area contributed by atoms with Crippen molar-refractivity contribution in [2.45, 2.75) is 12.7 Å². The summed E-state index contributed by atoms with van der Waals surface area (Å²) in [6, 6.07) is 12.0. The van der Waals surface area contributed by atoms with Gasteiger partial charge in [0.1, 0.15) is 17.5 Å². The van der Waals surface area contributed by atoms with E-state index in [1.165, 1.54) is 35.0 Å². The molecule has 2 aromatic heterocycles. The van der Waals surface area contributed by atoms with Crippen molar-refractivity contribution in [2.75, 3.05) is 5.32 Å². The van der Waals surface area contributed by atoms with E-state index in [-0.39, 0.29) is 35.4 Å². The van der Waals surface area contributed by atoms with Gasteiger partial charge in [-0.25, -0.2) is 19.2 Å². The summed E-state index contributed by atoms with van der Waals surface area (Å²) in [5.41, 5.74) is -0.841. The van der Waals surface area contributed by atoms with Gasteiger partial charge in [-0.3, -0.25) is 4.57 Å². The van der Waals surface area contributed by atoms with Crippen molar-refractivity contribution in [3.05, 3.63) is 89.6 Å². The molecule has 2 N–H and O–H groups in total. The van der Waals surface area contributed by atoms with E-state index in [4.69, 9.17) is 0 Å². The molecule has 0 fully saturated rings. The molecule has 4 rings (SSSR count). The lowest BCUT2D eigenvalue weighted by molar-refractivity contribution is -0.137. The van der Waals surface area contributed by atoms with Crippen LogP contribution < -0.4 is 5.32 Å². The number of carbonyl (C=O) groups is 1. The van der Waals surface area contributed by atoms with Crippen LogP contribution in [0.25, 0.3) is 17.2 Å². The molecule has 0 atom stereocenters. The molecule has 0 spiro atoms. The summed E-state index contributed by atoms with van der Waals surface area (Å²) < 4.78 is 54.6. The number of aromatic nitrogens is 4. The third-order valence-corrected chi connectivity index (χ3v) is 4.66. The van der Waals surface area contributed by atoms with Gasteiger partial charge in [-0.15, -0.1) is 0 Å². The van der Waals surface area contributed by atoms with Gasteiger partial charge in [0.25, 0.3) is 0 Å². The van der Waals surface area contributed by atoms with E-state index in [9.17, 15) is 27.5 Å². The Bertz CT molecular complexity index is 1320. The molecular formula is C22H15F4N5O2. The number of nitrogens with zero attached hydrogens (tertiary/aromatic N) is 4. The first-order valence-corrected chi connectivity index (χ1v) is 9.53. The highest BCUT2D eigenvalue weighted by molar-refractivity contribution is 5.86. The first-order chi connectivity index (χ1) is 15.7. The Morgan fingerprint density at radius 3 is 2.58 bits per heavy atom. The van der Waals surface area contributed by atoms with Gasteiger partial charge in [-0.2, -0.15) is 18.2 Å². The summed E-state index contributed by atoms with van der Waals surface area (Å²) in [7, 11) is 0. The maximum Gasteiger partial charge on any atom is 0.416 e. The molecule has 0 saturated heterocycles. The van der Waals surface area contributed by atoms with Crippen LogP contribution >= 0.6 is 0 Å². The van der Waals surface area contributed by atoms with E-state index in [2.05, 4.69) is 20.3 Å². The van der Waals surface area contributed by atoms with Crippen molar-refractivity contribution < 1.29 is 27.5 Å². The fourth-order valence-electron chi connectivity index (χ4n) is 3.08. The van der Waals surface area contributed by atoms with Crippen molar-refractivity contribution in [2.24, 2.45) is 0 Å². The Kier molecular flexibility index (Phi) is 5.78. The summed E-state index contributed by atoms with van der Waals surface area (Å²) in [4.78, 5) is 23.8. The van der Waals surface area contributed by atoms with Crippen LogP contribution in [0.2, 0.25) is 0 Å². The van der Waals surface area contributed by atoms with Crippen LogP contribution in [0.1, 0.15) is 21.6 Å². The number of halogens is 4. The molecule has 0 aliphatic carbocycles. The number of rotatable bonds is 6. The zero-order valence-electron chi connectivity index (χ0n) is 16.7. The lowest BCUT2D eigenvalue weighted by atomic mass is 10.1. The van der Waals surface area contributed by atoms with Gasteiger partial charge in [0.05, 0.1) is 5.56 Å². The minimum absolute atomic E-state index is 0.0442. The third kappa shape index (κ3) is 4.81. The molecule has 0 aliphatic rings. The molecule has 0 bridgehead atoms. The van der Waals surface area contributed by atoms with Crippen LogP contribution in [-0.2, 0) is 12.7 Å². The molecule has 4 aromatic rings. The molecule has 0 unspecified atom stereocenters. The molecule has 11 heteroatoms. The maximum absolute atomic E-state index is 13.8. The zero-order valence-corrected chi connectivity index (χ0v) is 16.7. The van der Waals surface area contributed by atoms with Gasteiger partial charge in [-0.05, 0) is 24.3 Å². The van der Waals surface area contributed by atoms with Crippen LogP contribution in [-0.4, -0.2) is 30.6 Å². The lowest BCUT2D eigenvalue weighted by Gasteiger charge is -2.11. The predicted molar refractivity (Wildman–Crippen MR) is 110 cm³/mol. The van der Waals surface area contributed by atoms with Crippen LogP contribution in [0.15, 0.2) is 67.0 Å². The highest BCUT2D eigenvalue weighted by Crippen LogP contribution is 2.32. The fraction of sp³-hybridized carbons (Fsp3) is 0.0909. The number of alkyl halides is 3. The van der Waals surface area contributed by atoms with E-state index in [0.717, 1.165) is 18.3 Å². The Morgan fingerprint density at radius 2 is 1.85 bits per heavy atom. The van der Waals surface area contributed by atoms with E-state index in [0.29, 0.717) is 5.56 Å². The number of anilines is 1. The fourth-order valence-corrected chi connectivity index (χ4v) is 3.08. The largest absolute Gasteiger partial charge is 0.476 e. The van der Waals surface area contributed by atoms with E-state index in [1.54, 1.807) is 18.2 Å². The smallest absolute Gasteiger partial charge is 0.416 e. The molecule has 0 aliphatic heterocycles. The molecule has 7 nitrogen and oxygen atoms in total. The monoisotopic (exact) mass is 457 g/mol. The van der Waals surface area contributed by atoms with E-state index >= 15 is 0 Å². The molecule has 2 heterocycles. The normalized spacial score (nSPS) is 11.4. The standard InChI is InChI=1S/C22H15F4N5O2/c23-16-7-2-1-4-14(16)11-28-21-27-9-8-18(30-21)31-12-17(20(32)33)29-19(31)13-5-3-6-15(10-13)22(24,25)26/h1-10,12H,11H2,(H,32,33)(H,27,28,30). The lowest BCUT2D eigenvalue weighted by Crippen LogP contribution is -2.08. The van der Waals surface area contributed by atoms with Gasteiger partial charge in [0, 0.05) is 30.1 Å². The number of imidazole rings is 1. The maximum atomic E-state index is 13.8. The van der Waals surface area contributed by atoms with Crippen molar-refractivity contribution in [1.29, 1.82) is 0 Å². The molecule has 0 saturated carbocycles. The first-order valence-electron chi connectivity index (χ1n) is 9.53. The van der Waals surface area contributed by atoms with Crippen LogP contribution in [0, 0.1) is 5.82 Å². The van der Waals surface area contributed by atoms with Gasteiger partial charge in [-0.1, -0.05) is 30.3 Å². The van der Waals surface area contributed by atoms with Crippen molar-refractivity contribution in [3.63, 3.8) is 0 Å². The molecule has 0 radical (unpaired) electrons. The van der Waals surface area contributed by atoms with Crippen LogP contribution in [0.3, 0.4) is 0 Å². The number of carboxylic acids is 1. The van der Waals surface area contributed by atoms with E-state index < -0.39 is 23.5 Å². The van der Waals surface area contributed by atoms with Gasteiger partial charge in [0.2, 0.25) is 5.95 Å². The summed E-state index contributed by atoms with van der Waals surface area (Å²) in [6.07, 6.45) is -2.05. The second-order valence-corrected chi connectivity index (χ2v) is 6.89. The van der Waals surface area contributed by atoms with Gasteiger partial charge < -0.3 is 10.4 Å². The minimum Gasteiger partial charge on any atom is -0.476 e. The Balaban J connectivity index is 1.72. The SMILES string of the molecule is O=C(O)c1cn(-c2ccnc(NCc3ccccc3F)n2)c(-c2cccc(C(F)(F)F)c2)n1. The minimum atomic E-state index is -4.58. The van der Waals surface area contributed by atoms with Crippen LogP contribution in [0.4, 0.5) is 23.5 Å². The van der Waals surface area contributed by atoms with Crippen molar-refractivity contribution in [3.8, 4) is 17.2 Å².